The number of piperidine rings is 2. The van der Waals surface area contributed by atoms with Crippen LogP contribution < -0.4 is 10.6 Å². The number of H-pyrrole nitrogens is 2. The molecule has 2 aliphatic carbocycles. The summed E-state index contributed by atoms with van der Waals surface area (Å²) < 4.78 is 0. The number of hydrogen-bond acceptors (Lipinski definition) is 6. The van der Waals surface area contributed by atoms with Crippen LogP contribution in [0, 0.1) is 23.7 Å². The minimum atomic E-state index is -0.553. The molecule has 12 heteroatoms. The zero-order valence-corrected chi connectivity index (χ0v) is 31.8. The van der Waals surface area contributed by atoms with E-state index in [0.717, 1.165) is 71.0 Å². The molecule has 282 valence electrons. The first-order chi connectivity index (χ1) is 25.9. The van der Waals surface area contributed by atoms with Crippen LogP contribution in [0.5, 0.6) is 0 Å². The molecule has 4 amide bonds. The summed E-state index contributed by atoms with van der Waals surface area (Å²) in [5.41, 5.74) is 5.77. The van der Waals surface area contributed by atoms with E-state index < -0.39 is 12.1 Å². The van der Waals surface area contributed by atoms with Gasteiger partial charge in [-0.2, -0.15) is 0 Å². The molecule has 12 nitrogen and oxygen atoms in total. The standard InChI is InChI=1S/C42H50N8O4/c1-21(2)37(45-23(5)51)41(53)49-33-15-29(33)17-35(49)39-43-19-31(47-39)27-11-7-25(8-12-27)26-9-13-28(14-10-26)32-20-44-40(48-32)36-18-30-16-34(30)50(36)42(54)38(22(3)4)46-24(6)52/h7-14,19-22,29-30,33-38H,15-18H2,1-6H3,(H,43,47)(H,44,48)(H,45,51)(H,46,52)/t29?,30?,33-,34-,35+,36+,37+,38+/m1/s1. The summed E-state index contributed by atoms with van der Waals surface area (Å²) in [6, 6.07) is 15.7. The van der Waals surface area contributed by atoms with Crippen molar-refractivity contribution in [3.05, 3.63) is 72.6 Å². The third kappa shape index (κ3) is 6.71. The quantitative estimate of drug-likeness (QED) is 0.153. The third-order valence-electron chi connectivity index (χ3n) is 11.8. The molecular formula is C42H50N8O4. The van der Waals surface area contributed by atoms with Crippen LogP contribution in [0.3, 0.4) is 0 Å². The number of fused-ring (bicyclic) bond motifs is 2. The first-order valence-electron chi connectivity index (χ1n) is 19.4. The largest absolute Gasteiger partial charge is 0.346 e. The van der Waals surface area contributed by atoms with Gasteiger partial charge < -0.3 is 30.4 Å². The van der Waals surface area contributed by atoms with Gasteiger partial charge in [0.05, 0.1) is 23.5 Å². The number of hydrogen-bond donors (Lipinski definition) is 4. The molecule has 2 saturated heterocycles. The van der Waals surface area contributed by atoms with Crippen molar-refractivity contribution in [2.75, 3.05) is 0 Å². The first-order valence-corrected chi connectivity index (χ1v) is 19.4. The number of nitrogens with one attached hydrogen (secondary N) is 4. The number of imidazole rings is 2. The van der Waals surface area contributed by atoms with Gasteiger partial charge in [-0.05, 0) is 60.5 Å². The zero-order valence-electron chi connectivity index (χ0n) is 31.8. The molecule has 2 aliphatic heterocycles. The van der Waals surface area contributed by atoms with Crippen LogP contribution in [0.1, 0.15) is 91.0 Å². The van der Waals surface area contributed by atoms with Gasteiger partial charge in [-0.1, -0.05) is 76.2 Å². The molecule has 4 aromatic rings. The second-order valence-corrected chi connectivity index (χ2v) is 16.5. The maximum absolute atomic E-state index is 13.7. The van der Waals surface area contributed by atoms with Crippen LogP contribution in [0.25, 0.3) is 33.6 Å². The fraction of sp³-hybridized carbons (Fsp3) is 0.476. The second kappa shape index (κ2) is 13.9. The normalized spacial score (nSPS) is 25.0. The number of carbonyl (C=O) groups is 4. The number of carbonyl (C=O) groups excluding carboxylic acids is 4. The molecule has 2 aromatic heterocycles. The van der Waals surface area contributed by atoms with Crippen LogP contribution in [0.4, 0.5) is 0 Å². The third-order valence-corrected chi connectivity index (χ3v) is 11.8. The van der Waals surface area contributed by atoms with Crippen molar-refractivity contribution >= 4 is 23.6 Å². The van der Waals surface area contributed by atoms with Gasteiger partial charge in [0.1, 0.15) is 23.7 Å². The van der Waals surface area contributed by atoms with Gasteiger partial charge in [-0.3, -0.25) is 19.2 Å². The average molecular weight is 731 g/mol. The highest BCUT2D eigenvalue weighted by molar-refractivity contribution is 5.89. The van der Waals surface area contributed by atoms with E-state index >= 15 is 0 Å². The molecule has 2 aromatic carbocycles. The summed E-state index contributed by atoms with van der Waals surface area (Å²) >= 11 is 0. The van der Waals surface area contributed by atoms with E-state index in [-0.39, 0.29) is 59.6 Å². The predicted octanol–water partition coefficient (Wildman–Crippen LogP) is 5.78. The maximum Gasteiger partial charge on any atom is 0.246 e. The van der Waals surface area contributed by atoms with E-state index in [9.17, 15) is 19.2 Å². The van der Waals surface area contributed by atoms with E-state index in [2.05, 4.69) is 69.1 Å². The van der Waals surface area contributed by atoms with Crippen LogP contribution >= 0.6 is 0 Å². The van der Waals surface area contributed by atoms with Crippen molar-refractivity contribution in [3.63, 3.8) is 0 Å². The molecule has 4 N–H and O–H groups in total. The lowest BCUT2D eigenvalue weighted by atomic mass is 10.0. The molecule has 2 saturated carbocycles. The van der Waals surface area contributed by atoms with E-state index in [4.69, 9.17) is 9.97 Å². The molecule has 0 radical (unpaired) electrons. The van der Waals surface area contributed by atoms with Crippen LogP contribution in [0.15, 0.2) is 60.9 Å². The first kappa shape index (κ1) is 35.8. The molecule has 4 heterocycles. The Bertz CT molecular complexity index is 1920. The minimum absolute atomic E-state index is 0.0156. The second-order valence-electron chi connectivity index (χ2n) is 16.5. The smallest absolute Gasteiger partial charge is 0.246 e. The monoisotopic (exact) mass is 730 g/mol. The maximum atomic E-state index is 13.7. The van der Waals surface area contributed by atoms with Gasteiger partial charge in [0.15, 0.2) is 0 Å². The number of amides is 4. The molecule has 4 fully saturated rings. The predicted molar refractivity (Wildman–Crippen MR) is 204 cm³/mol. The summed E-state index contributed by atoms with van der Waals surface area (Å²) in [4.78, 5) is 71.7. The van der Waals surface area contributed by atoms with E-state index in [0.29, 0.717) is 11.8 Å². The van der Waals surface area contributed by atoms with Crippen molar-refractivity contribution in [1.29, 1.82) is 0 Å². The summed E-state index contributed by atoms with van der Waals surface area (Å²) in [6.07, 6.45) is 7.59. The molecule has 0 bridgehead atoms. The van der Waals surface area contributed by atoms with Crippen molar-refractivity contribution < 1.29 is 19.2 Å². The topological polar surface area (TPSA) is 156 Å². The van der Waals surface area contributed by atoms with Crippen LogP contribution in [-0.2, 0) is 19.2 Å². The Labute approximate surface area is 315 Å². The van der Waals surface area contributed by atoms with E-state index in [1.165, 1.54) is 13.8 Å². The molecule has 0 spiro atoms. The van der Waals surface area contributed by atoms with Gasteiger partial charge in [0, 0.05) is 49.5 Å². The number of aromatic nitrogens is 4. The van der Waals surface area contributed by atoms with Crippen molar-refractivity contribution in [2.24, 2.45) is 23.7 Å². The molecule has 54 heavy (non-hydrogen) atoms. The van der Waals surface area contributed by atoms with Crippen molar-refractivity contribution in [1.82, 2.24) is 40.4 Å². The van der Waals surface area contributed by atoms with Gasteiger partial charge in [-0.25, -0.2) is 9.97 Å². The number of likely N-dealkylation sites (tertiary alicyclic amines) is 2. The molecular weight excluding hydrogens is 681 g/mol. The highest BCUT2D eigenvalue weighted by Crippen LogP contribution is 2.54. The van der Waals surface area contributed by atoms with E-state index in [1.807, 2.05) is 49.9 Å². The SMILES string of the molecule is CC(=O)N[C@H](C(=O)N1[C@@H]2CC2C[C@H]1c1nc(-c2ccc(-c3ccc(-c4c[nH]c([C@@H]5CC6C[C@H]6N5C(=O)[C@@H](NC(C)=O)C(C)C)n4)cc3)cc2)c[nH]1)C(C)C. The molecule has 8 atom stereocenters. The Hall–Kier alpha value is -5.26. The fourth-order valence-electron chi connectivity index (χ4n) is 8.80. The van der Waals surface area contributed by atoms with Gasteiger partial charge in [-0.15, -0.1) is 0 Å². The molecule has 2 unspecified atom stereocenters. The lowest BCUT2D eigenvalue weighted by Gasteiger charge is -2.32. The summed E-state index contributed by atoms with van der Waals surface area (Å²) in [5, 5.41) is 5.74. The molecule has 8 rings (SSSR count). The average Bonchev–Trinajstić information content (AvgIpc) is 3.74. The van der Waals surface area contributed by atoms with Crippen LogP contribution in [-0.4, -0.2) is 77.5 Å². The number of rotatable bonds is 11. The number of nitrogens with zero attached hydrogens (tertiary/aromatic N) is 4. The van der Waals surface area contributed by atoms with Crippen molar-refractivity contribution in [3.8, 4) is 33.6 Å². The highest BCUT2D eigenvalue weighted by Gasteiger charge is 2.57. The number of aromatic amines is 2. The Kier molecular flexibility index (Phi) is 9.18. The Morgan fingerprint density at radius 1 is 0.593 bits per heavy atom. The Morgan fingerprint density at radius 3 is 1.28 bits per heavy atom. The minimum Gasteiger partial charge on any atom is -0.346 e. The van der Waals surface area contributed by atoms with Crippen molar-refractivity contribution in [2.45, 2.75) is 103 Å². The summed E-state index contributed by atoms with van der Waals surface area (Å²) in [6.45, 7) is 10.8. The highest BCUT2D eigenvalue weighted by atomic mass is 16.2. The fourth-order valence-corrected chi connectivity index (χ4v) is 8.80. The summed E-state index contributed by atoms with van der Waals surface area (Å²) in [7, 11) is 0. The zero-order chi connectivity index (χ0) is 38.0. The Morgan fingerprint density at radius 2 is 0.944 bits per heavy atom. The lowest BCUT2D eigenvalue weighted by Crippen LogP contribution is -2.51. The number of benzene rings is 2. The Balaban J connectivity index is 0.936. The molecule has 4 aliphatic rings. The van der Waals surface area contributed by atoms with E-state index in [1.54, 1.807) is 0 Å². The van der Waals surface area contributed by atoms with Crippen LogP contribution in [0.2, 0.25) is 0 Å². The van der Waals surface area contributed by atoms with Gasteiger partial charge >= 0.3 is 0 Å². The lowest BCUT2D eigenvalue weighted by molar-refractivity contribution is -0.139. The van der Waals surface area contributed by atoms with Gasteiger partial charge in [0.2, 0.25) is 23.6 Å². The summed E-state index contributed by atoms with van der Waals surface area (Å²) in [5.74, 6) is 2.05. The van der Waals surface area contributed by atoms with Gasteiger partial charge in [0.25, 0.3) is 0 Å².